The maximum Gasteiger partial charge on any atom is 0.174 e. The van der Waals surface area contributed by atoms with Crippen molar-refractivity contribution in [1.82, 2.24) is 0 Å². The van der Waals surface area contributed by atoms with Crippen molar-refractivity contribution in [2.24, 2.45) is 0 Å². The number of ether oxygens (including phenoxy) is 2. The second-order valence-electron chi connectivity index (χ2n) is 3.29. The molecule has 1 rings (SSSR count). The molecule has 0 N–H and O–H groups in total. The molecule has 1 aromatic carbocycles. The normalized spacial score (nSPS) is 10.1. The average Bonchev–Trinajstić information content (AvgIpc) is 2.22. The van der Waals surface area contributed by atoms with Crippen LogP contribution in [-0.2, 0) is 6.42 Å². The van der Waals surface area contributed by atoms with Crippen LogP contribution in [0.4, 0.5) is 0 Å². The van der Waals surface area contributed by atoms with E-state index in [1.807, 2.05) is 6.92 Å². The van der Waals surface area contributed by atoms with Crippen LogP contribution >= 0.6 is 22.6 Å². The Morgan fingerprint density at radius 1 is 1.27 bits per heavy atom. The molecule has 0 bridgehead atoms. The second kappa shape index (κ2) is 6.20. The SMILES string of the molecule is CCCc1cc(I)c(OCC)c(OC)c1. The van der Waals surface area contributed by atoms with E-state index in [-0.39, 0.29) is 0 Å². The van der Waals surface area contributed by atoms with E-state index in [0.717, 1.165) is 27.9 Å². The van der Waals surface area contributed by atoms with Gasteiger partial charge in [-0.15, -0.1) is 0 Å². The summed E-state index contributed by atoms with van der Waals surface area (Å²) in [4.78, 5) is 0. The number of halogens is 1. The van der Waals surface area contributed by atoms with Gasteiger partial charge < -0.3 is 9.47 Å². The molecule has 0 radical (unpaired) electrons. The summed E-state index contributed by atoms with van der Waals surface area (Å²) in [5.41, 5.74) is 1.31. The summed E-state index contributed by atoms with van der Waals surface area (Å²) >= 11 is 2.29. The molecule has 1 aromatic rings. The number of aryl methyl sites for hydroxylation is 1. The van der Waals surface area contributed by atoms with E-state index < -0.39 is 0 Å². The van der Waals surface area contributed by atoms with Gasteiger partial charge in [-0.3, -0.25) is 0 Å². The van der Waals surface area contributed by atoms with Crippen molar-refractivity contribution in [3.63, 3.8) is 0 Å². The predicted molar refractivity (Wildman–Crippen MR) is 70.9 cm³/mol. The Hall–Kier alpha value is -0.450. The molecule has 2 nitrogen and oxygen atoms in total. The first-order valence-corrected chi connectivity index (χ1v) is 6.30. The Labute approximate surface area is 105 Å². The summed E-state index contributed by atoms with van der Waals surface area (Å²) in [6.07, 6.45) is 2.23. The van der Waals surface area contributed by atoms with Crippen molar-refractivity contribution in [2.45, 2.75) is 26.7 Å². The van der Waals surface area contributed by atoms with Gasteiger partial charge in [0.2, 0.25) is 0 Å². The molecule has 0 heterocycles. The number of hydrogen-bond donors (Lipinski definition) is 0. The molecule has 0 unspecified atom stereocenters. The molecule has 0 aliphatic heterocycles. The summed E-state index contributed by atoms with van der Waals surface area (Å²) < 4.78 is 12.0. The summed E-state index contributed by atoms with van der Waals surface area (Å²) in [5, 5.41) is 0. The van der Waals surface area contributed by atoms with E-state index in [1.54, 1.807) is 7.11 Å². The van der Waals surface area contributed by atoms with Crippen molar-refractivity contribution in [2.75, 3.05) is 13.7 Å². The average molecular weight is 320 g/mol. The van der Waals surface area contributed by atoms with E-state index in [1.165, 1.54) is 5.56 Å². The lowest BCUT2D eigenvalue weighted by molar-refractivity contribution is 0.308. The van der Waals surface area contributed by atoms with Gasteiger partial charge in [-0.05, 0) is 53.6 Å². The zero-order valence-corrected chi connectivity index (χ0v) is 11.6. The number of benzene rings is 1. The van der Waals surface area contributed by atoms with Crippen LogP contribution in [0.25, 0.3) is 0 Å². The van der Waals surface area contributed by atoms with Crippen LogP contribution in [-0.4, -0.2) is 13.7 Å². The fourth-order valence-electron chi connectivity index (χ4n) is 1.49. The Morgan fingerprint density at radius 2 is 2.00 bits per heavy atom. The minimum absolute atomic E-state index is 0.666. The topological polar surface area (TPSA) is 18.5 Å². The molecule has 0 amide bonds. The van der Waals surface area contributed by atoms with E-state index >= 15 is 0 Å². The van der Waals surface area contributed by atoms with Crippen LogP contribution in [0.1, 0.15) is 25.8 Å². The molecular weight excluding hydrogens is 303 g/mol. The summed E-state index contributed by atoms with van der Waals surface area (Å²) in [5.74, 6) is 1.70. The van der Waals surface area contributed by atoms with Crippen LogP contribution < -0.4 is 9.47 Å². The third-order valence-electron chi connectivity index (χ3n) is 2.12. The van der Waals surface area contributed by atoms with Crippen molar-refractivity contribution in [3.8, 4) is 11.5 Å². The van der Waals surface area contributed by atoms with Crippen molar-refractivity contribution >= 4 is 22.6 Å². The van der Waals surface area contributed by atoms with Crippen LogP contribution in [0.2, 0.25) is 0 Å². The minimum Gasteiger partial charge on any atom is -0.493 e. The second-order valence-corrected chi connectivity index (χ2v) is 4.45. The van der Waals surface area contributed by atoms with Crippen LogP contribution in [0.5, 0.6) is 11.5 Å². The van der Waals surface area contributed by atoms with Crippen LogP contribution in [0.15, 0.2) is 12.1 Å². The molecular formula is C12H17IO2. The lowest BCUT2D eigenvalue weighted by Gasteiger charge is -2.13. The number of rotatable bonds is 5. The standard InChI is InChI=1S/C12H17IO2/c1-4-6-9-7-10(13)12(15-5-2)11(8-9)14-3/h7-8H,4-6H2,1-3H3. The maximum atomic E-state index is 5.56. The van der Waals surface area contributed by atoms with Gasteiger partial charge in [0.1, 0.15) is 0 Å². The molecule has 0 atom stereocenters. The third-order valence-corrected chi connectivity index (χ3v) is 2.92. The van der Waals surface area contributed by atoms with Crippen molar-refractivity contribution < 1.29 is 9.47 Å². The fraction of sp³-hybridized carbons (Fsp3) is 0.500. The summed E-state index contributed by atoms with van der Waals surface area (Å²) in [7, 11) is 1.68. The molecule has 0 fully saturated rings. The molecule has 0 saturated carbocycles. The fourth-order valence-corrected chi connectivity index (χ4v) is 2.31. The van der Waals surface area contributed by atoms with Crippen LogP contribution in [0, 0.1) is 3.57 Å². The van der Waals surface area contributed by atoms with Gasteiger partial charge in [-0.1, -0.05) is 13.3 Å². The van der Waals surface area contributed by atoms with Gasteiger partial charge in [0.15, 0.2) is 11.5 Å². The van der Waals surface area contributed by atoms with E-state index in [9.17, 15) is 0 Å². The first kappa shape index (κ1) is 12.6. The smallest absolute Gasteiger partial charge is 0.174 e. The van der Waals surface area contributed by atoms with Gasteiger partial charge in [0.05, 0.1) is 17.3 Å². The molecule has 0 aliphatic rings. The van der Waals surface area contributed by atoms with Gasteiger partial charge in [0.25, 0.3) is 0 Å². The number of methoxy groups -OCH3 is 1. The first-order chi connectivity index (χ1) is 7.22. The van der Waals surface area contributed by atoms with E-state index in [2.05, 4.69) is 41.6 Å². The lowest BCUT2D eigenvalue weighted by Crippen LogP contribution is -1.99. The largest absolute Gasteiger partial charge is 0.493 e. The molecule has 84 valence electrons. The minimum atomic E-state index is 0.666. The highest BCUT2D eigenvalue weighted by molar-refractivity contribution is 14.1. The molecule has 0 aromatic heterocycles. The van der Waals surface area contributed by atoms with Crippen molar-refractivity contribution in [1.29, 1.82) is 0 Å². The van der Waals surface area contributed by atoms with E-state index in [0.29, 0.717) is 6.61 Å². The van der Waals surface area contributed by atoms with Gasteiger partial charge in [-0.2, -0.15) is 0 Å². The summed E-state index contributed by atoms with van der Waals surface area (Å²) in [6.45, 7) is 4.82. The van der Waals surface area contributed by atoms with E-state index in [4.69, 9.17) is 9.47 Å². The molecule has 0 saturated heterocycles. The molecule has 3 heteroatoms. The zero-order valence-electron chi connectivity index (χ0n) is 9.47. The lowest BCUT2D eigenvalue weighted by atomic mass is 10.1. The highest BCUT2D eigenvalue weighted by atomic mass is 127. The van der Waals surface area contributed by atoms with Gasteiger partial charge in [0, 0.05) is 0 Å². The zero-order chi connectivity index (χ0) is 11.3. The first-order valence-electron chi connectivity index (χ1n) is 5.22. The highest BCUT2D eigenvalue weighted by Gasteiger charge is 2.10. The Morgan fingerprint density at radius 3 is 2.53 bits per heavy atom. The third kappa shape index (κ3) is 3.26. The quantitative estimate of drug-likeness (QED) is 0.771. The predicted octanol–water partition coefficient (Wildman–Crippen LogP) is 3.65. The van der Waals surface area contributed by atoms with Gasteiger partial charge >= 0.3 is 0 Å². The monoisotopic (exact) mass is 320 g/mol. The molecule has 0 spiro atoms. The van der Waals surface area contributed by atoms with Crippen molar-refractivity contribution in [3.05, 3.63) is 21.3 Å². The molecule has 15 heavy (non-hydrogen) atoms. The Bertz CT molecular complexity index is 324. The number of hydrogen-bond acceptors (Lipinski definition) is 2. The highest BCUT2D eigenvalue weighted by Crippen LogP contribution is 2.34. The summed E-state index contributed by atoms with van der Waals surface area (Å²) in [6, 6.07) is 4.23. The van der Waals surface area contributed by atoms with Gasteiger partial charge in [-0.25, -0.2) is 0 Å². The molecule has 0 aliphatic carbocycles. The Kier molecular flexibility index (Phi) is 5.22. The Balaban J connectivity index is 3.06. The maximum absolute atomic E-state index is 5.56. The van der Waals surface area contributed by atoms with Crippen LogP contribution in [0.3, 0.4) is 0 Å².